The van der Waals surface area contributed by atoms with Gasteiger partial charge in [-0.2, -0.15) is 15.3 Å². The molecule has 0 radical (unpaired) electrons. The van der Waals surface area contributed by atoms with Gasteiger partial charge in [0.15, 0.2) is 11.5 Å². The normalized spacial score (nSPS) is 14.2. The van der Waals surface area contributed by atoms with Crippen LogP contribution < -0.4 is 10.9 Å². The molecule has 1 aliphatic rings. The van der Waals surface area contributed by atoms with Crippen molar-refractivity contribution >= 4 is 22.8 Å². The number of amides is 1. The van der Waals surface area contributed by atoms with Crippen LogP contribution in [0.3, 0.4) is 0 Å². The van der Waals surface area contributed by atoms with E-state index in [9.17, 15) is 9.59 Å². The number of aromatic nitrogens is 7. The minimum absolute atomic E-state index is 0.0507. The van der Waals surface area contributed by atoms with Crippen molar-refractivity contribution in [2.45, 2.75) is 45.1 Å². The number of nitrogens with zero attached hydrogens (tertiary/aromatic N) is 7. The van der Waals surface area contributed by atoms with Crippen LogP contribution in [0.4, 0.5) is 5.69 Å². The van der Waals surface area contributed by atoms with Crippen molar-refractivity contribution in [3.05, 3.63) is 52.6 Å². The molecular weight excluding hydrogens is 372 g/mol. The Morgan fingerprint density at radius 1 is 1.28 bits per heavy atom. The Bertz CT molecular complexity index is 1290. The summed E-state index contributed by atoms with van der Waals surface area (Å²) in [6, 6.07) is 5.27. The molecule has 1 aliphatic carbocycles. The molecule has 4 aromatic heterocycles. The van der Waals surface area contributed by atoms with Gasteiger partial charge in [0.2, 0.25) is 5.91 Å². The number of rotatable bonds is 5. The quantitative estimate of drug-likeness (QED) is 0.552. The highest BCUT2D eigenvalue weighted by Crippen LogP contribution is 2.39. The molecule has 0 unspecified atom stereocenters. The van der Waals surface area contributed by atoms with Crippen LogP contribution in [0.1, 0.15) is 50.0 Å². The number of hydrogen-bond donors (Lipinski definition) is 1. The Morgan fingerprint density at radius 2 is 2.10 bits per heavy atom. The molecule has 1 amide bonds. The fourth-order valence-electron chi connectivity index (χ4n) is 3.35. The lowest BCUT2D eigenvalue weighted by molar-refractivity contribution is -0.117. The first kappa shape index (κ1) is 17.5. The van der Waals surface area contributed by atoms with Crippen LogP contribution in [0.25, 0.3) is 11.2 Å². The minimum atomic E-state index is -0.343. The van der Waals surface area contributed by atoms with E-state index in [1.165, 1.54) is 11.0 Å². The van der Waals surface area contributed by atoms with E-state index in [1.54, 1.807) is 27.4 Å². The third kappa shape index (κ3) is 3.16. The predicted molar refractivity (Wildman–Crippen MR) is 105 cm³/mol. The zero-order valence-corrected chi connectivity index (χ0v) is 16.1. The van der Waals surface area contributed by atoms with Crippen LogP contribution in [-0.2, 0) is 11.3 Å². The first-order valence-corrected chi connectivity index (χ1v) is 9.59. The SMILES string of the molecule is CC(C)c1nn(CC(=O)Nc2ccn3ncnc3c2)c(=O)c2cc(C3CC3)nn12. The largest absolute Gasteiger partial charge is 0.324 e. The first-order chi connectivity index (χ1) is 14.0. The van der Waals surface area contributed by atoms with Crippen LogP contribution in [-0.4, -0.2) is 39.9 Å². The summed E-state index contributed by atoms with van der Waals surface area (Å²) in [4.78, 5) is 29.6. The standard InChI is InChI=1S/C19H20N8O2/c1-11(2)18-24-26(19(29)15-8-14(12-3-4-12)23-27(15)18)9-17(28)22-13-5-6-25-16(7-13)20-10-21-25/h5-8,10-12H,3-4,9H2,1-2H3,(H,22,28). The van der Waals surface area contributed by atoms with Gasteiger partial charge in [0, 0.05) is 29.8 Å². The lowest BCUT2D eigenvalue weighted by atomic mass is 10.2. The monoisotopic (exact) mass is 392 g/mol. The lowest BCUT2D eigenvalue weighted by Crippen LogP contribution is -2.32. The van der Waals surface area contributed by atoms with Gasteiger partial charge >= 0.3 is 0 Å². The van der Waals surface area contributed by atoms with Crippen molar-refractivity contribution in [2.24, 2.45) is 0 Å². The number of hydrogen-bond acceptors (Lipinski definition) is 6. The maximum absolute atomic E-state index is 12.9. The van der Waals surface area contributed by atoms with Crippen molar-refractivity contribution in [1.82, 2.24) is 34.0 Å². The first-order valence-electron chi connectivity index (χ1n) is 9.59. The van der Waals surface area contributed by atoms with Gasteiger partial charge in [0.25, 0.3) is 5.56 Å². The smallest absolute Gasteiger partial charge is 0.293 e. The molecule has 0 aliphatic heterocycles. The van der Waals surface area contributed by atoms with E-state index in [0.717, 1.165) is 18.5 Å². The molecule has 0 spiro atoms. The fourth-order valence-corrected chi connectivity index (χ4v) is 3.35. The molecule has 1 saturated carbocycles. The van der Waals surface area contributed by atoms with Crippen LogP contribution in [0.2, 0.25) is 0 Å². The Balaban J connectivity index is 1.46. The van der Waals surface area contributed by atoms with Gasteiger partial charge in [-0.1, -0.05) is 13.8 Å². The summed E-state index contributed by atoms with van der Waals surface area (Å²) >= 11 is 0. The molecule has 1 N–H and O–H groups in total. The molecule has 5 rings (SSSR count). The van der Waals surface area contributed by atoms with Gasteiger partial charge < -0.3 is 5.32 Å². The van der Waals surface area contributed by atoms with E-state index in [2.05, 4.69) is 25.6 Å². The summed E-state index contributed by atoms with van der Waals surface area (Å²) < 4.78 is 4.45. The summed E-state index contributed by atoms with van der Waals surface area (Å²) in [5.41, 5.74) is 2.26. The second-order valence-corrected chi connectivity index (χ2v) is 7.64. The van der Waals surface area contributed by atoms with Gasteiger partial charge in [0.05, 0.1) is 5.69 Å². The summed E-state index contributed by atoms with van der Waals surface area (Å²) in [6.07, 6.45) is 5.34. The van der Waals surface area contributed by atoms with Crippen molar-refractivity contribution in [3.63, 3.8) is 0 Å². The maximum Gasteiger partial charge on any atom is 0.293 e. The fraction of sp³-hybridized carbons (Fsp3) is 0.368. The third-order valence-electron chi connectivity index (χ3n) is 4.99. The number of fused-ring (bicyclic) bond motifs is 2. The third-order valence-corrected chi connectivity index (χ3v) is 4.99. The van der Waals surface area contributed by atoms with Crippen molar-refractivity contribution < 1.29 is 4.79 Å². The summed E-state index contributed by atoms with van der Waals surface area (Å²) in [5, 5.41) is 15.8. The second kappa shape index (κ2) is 6.50. The van der Waals surface area contributed by atoms with E-state index in [1.807, 2.05) is 19.9 Å². The maximum atomic E-state index is 12.9. The zero-order valence-electron chi connectivity index (χ0n) is 16.1. The Morgan fingerprint density at radius 3 is 2.86 bits per heavy atom. The van der Waals surface area contributed by atoms with Crippen LogP contribution in [0.5, 0.6) is 0 Å². The average Bonchev–Trinajstić information content (AvgIpc) is 3.26. The zero-order chi connectivity index (χ0) is 20.1. The summed E-state index contributed by atoms with van der Waals surface area (Å²) in [7, 11) is 0. The van der Waals surface area contributed by atoms with E-state index in [4.69, 9.17) is 0 Å². The Kier molecular flexibility index (Phi) is 3.93. The number of carbonyl (C=O) groups is 1. The molecule has 10 heteroatoms. The van der Waals surface area contributed by atoms with Gasteiger partial charge in [0.1, 0.15) is 18.4 Å². The molecule has 29 heavy (non-hydrogen) atoms. The lowest BCUT2D eigenvalue weighted by Gasteiger charge is -2.12. The topological polar surface area (TPSA) is 111 Å². The van der Waals surface area contributed by atoms with E-state index in [-0.39, 0.29) is 23.9 Å². The van der Waals surface area contributed by atoms with Gasteiger partial charge in [-0.05, 0) is 25.0 Å². The highest BCUT2D eigenvalue weighted by Gasteiger charge is 2.28. The van der Waals surface area contributed by atoms with Crippen LogP contribution in [0, 0.1) is 0 Å². The molecular formula is C19H20N8O2. The molecule has 4 aromatic rings. The molecule has 148 valence electrons. The molecule has 0 aromatic carbocycles. The average molecular weight is 392 g/mol. The molecule has 10 nitrogen and oxygen atoms in total. The van der Waals surface area contributed by atoms with Crippen molar-refractivity contribution in [1.29, 1.82) is 0 Å². The van der Waals surface area contributed by atoms with Crippen molar-refractivity contribution in [2.75, 3.05) is 5.32 Å². The molecule has 0 atom stereocenters. The van der Waals surface area contributed by atoms with Gasteiger partial charge in [-0.25, -0.2) is 18.7 Å². The molecule has 0 bridgehead atoms. The van der Waals surface area contributed by atoms with E-state index in [0.29, 0.717) is 28.6 Å². The Labute approximate surface area is 165 Å². The second-order valence-electron chi connectivity index (χ2n) is 7.64. The number of carbonyl (C=O) groups excluding carboxylic acids is 1. The van der Waals surface area contributed by atoms with Crippen LogP contribution in [0.15, 0.2) is 35.5 Å². The number of nitrogens with one attached hydrogen (secondary N) is 1. The summed E-state index contributed by atoms with van der Waals surface area (Å²) in [6.45, 7) is 3.79. The Hall–Kier alpha value is -3.56. The van der Waals surface area contributed by atoms with E-state index >= 15 is 0 Å². The molecule has 0 saturated heterocycles. The molecule has 4 heterocycles. The summed E-state index contributed by atoms with van der Waals surface area (Å²) in [5.74, 6) is 0.793. The number of pyridine rings is 1. The highest BCUT2D eigenvalue weighted by molar-refractivity contribution is 5.90. The van der Waals surface area contributed by atoms with Crippen molar-refractivity contribution in [3.8, 4) is 0 Å². The molecule has 1 fully saturated rings. The van der Waals surface area contributed by atoms with Gasteiger partial charge in [-0.3, -0.25) is 9.59 Å². The highest BCUT2D eigenvalue weighted by atomic mass is 16.2. The van der Waals surface area contributed by atoms with Gasteiger partial charge in [-0.15, -0.1) is 0 Å². The predicted octanol–water partition coefficient (Wildman–Crippen LogP) is 1.57. The van der Waals surface area contributed by atoms with E-state index < -0.39 is 0 Å². The minimum Gasteiger partial charge on any atom is -0.324 e. The number of anilines is 1. The van der Waals surface area contributed by atoms with Crippen LogP contribution >= 0.6 is 0 Å².